The van der Waals surface area contributed by atoms with Crippen molar-refractivity contribution >= 4 is 87.1 Å². The SMILES string of the molecule is N#Cc1c(-n2c3cccc4c5ccccc5c5nccc2c5c43)cccc1-n1c2nccc3c4ccccc4c4ccnc1c4c32. The zero-order valence-electron chi connectivity index (χ0n) is 24.2. The van der Waals surface area contributed by atoms with E-state index in [2.05, 4.69) is 100 Å². The van der Waals surface area contributed by atoms with Crippen LogP contribution in [0.1, 0.15) is 5.56 Å². The Labute approximate surface area is 260 Å². The molecule has 0 amide bonds. The van der Waals surface area contributed by atoms with Crippen molar-refractivity contribution in [1.82, 2.24) is 24.1 Å². The topological polar surface area (TPSA) is 72.3 Å². The van der Waals surface area contributed by atoms with E-state index in [1.54, 1.807) is 0 Å². The Balaban J connectivity index is 1.30. The third-order valence-electron chi connectivity index (χ3n) is 9.83. The maximum Gasteiger partial charge on any atom is 0.147 e. The first-order valence-corrected chi connectivity index (χ1v) is 15.3. The molecule has 210 valence electrons. The molecule has 0 aliphatic carbocycles. The van der Waals surface area contributed by atoms with E-state index in [-0.39, 0.29) is 0 Å². The fourth-order valence-corrected chi connectivity index (χ4v) is 8.10. The van der Waals surface area contributed by atoms with Crippen LogP contribution in [-0.4, -0.2) is 24.1 Å². The quantitative estimate of drug-likeness (QED) is 0.190. The van der Waals surface area contributed by atoms with Crippen LogP contribution in [-0.2, 0) is 0 Å². The molecule has 0 spiro atoms. The Hall–Kier alpha value is -6.58. The molecule has 0 N–H and O–H groups in total. The summed E-state index contributed by atoms with van der Waals surface area (Å²) in [5.41, 5.74) is 6.73. The predicted molar refractivity (Wildman–Crippen MR) is 186 cm³/mol. The lowest BCUT2D eigenvalue weighted by Gasteiger charge is -2.15. The molecule has 11 aromatic rings. The van der Waals surface area contributed by atoms with Gasteiger partial charge in [-0.2, -0.15) is 5.26 Å². The van der Waals surface area contributed by atoms with Crippen LogP contribution in [0.2, 0.25) is 0 Å². The average Bonchev–Trinajstić information content (AvgIpc) is 3.64. The van der Waals surface area contributed by atoms with E-state index in [0.29, 0.717) is 5.56 Å². The molecular formula is C40H20N6. The van der Waals surface area contributed by atoms with Crippen LogP contribution < -0.4 is 0 Å². The van der Waals surface area contributed by atoms with Gasteiger partial charge in [0.1, 0.15) is 22.9 Å². The molecule has 5 heterocycles. The van der Waals surface area contributed by atoms with Gasteiger partial charge in [0.15, 0.2) is 0 Å². The lowest BCUT2D eigenvalue weighted by Crippen LogP contribution is -2.05. The van der Waals surface area contributed by atoms with E-state index in [1.165, 1.54) is 21.5 Å². The molecule has 6 nitrogen and oxygen atoms in total. The van der Waals surface area contributed by atoms with Gasteiger partial charge in [0.05, 0.1) is 27.9 Å². The largest absolute Gasteiger partial charge is 0.308 e. The number of benzene rings is 6. The van der Waals surface area contributed by atoms with Crippen molar-refractivity contribution in [2.75, 3.05) is 0 Å². The Morgan fingerprint density at radius 1 is 0.435 bits per heavy atom. The summed E-state index contributed by atoms with van der Waals surface area (Å²) in [6.45, 7) is 0. The molecule has 6 heteroatoms. The zero-order valence-corrected chi connectivity index (χ0v) is 24.2. The second kappa shape index (κ2) is 8.32. The van der Waals surface area contributed by atoms with Crippen LogP contribution in [0, 0.1) is 11.3 Å². The molecule has 0 aliphatic heterocycles. The van der Waals surface area contributed by atoms with Gasteiger partial charge in [-0.05, 0) is 68.7 Å². The highest BCUT2D eigenvalue weighted by atomic mass is 15.1. The van der Waals surface area contributed by atoms with Crippen LogP contribution in [0.5, 0.6) is 0 Å². The molecule has 0 atom stereocenters. The van der Waals surface area contributed by atoms with Crippen LogP contribution in [0.25, 0.3) is 98.5 Å². The van der Waals surface area contributed by atoms with E-state index in [1.807, 2.05) is 36.8 Å². The van der Waals surface area contributed by atoms with Gasteiger partial charge in [-0.25, -0.2) is 9.97 Å². The molecule has 11 rings (SSSR count). The van der Waals surface area contributed by atoms with E-state index in [9.17, 15) is 5.26 Å². The lowest BCUT2D eigenvalue weighted by molar-refractivity contribution is 1.08. The lowest BCUT2D eigenvalue weighted by atomic mass is 9.97. The summed E-state index contributed by atoms with van der Waals surface area (Å²) in [4.78, 5) is 14.7. The van der Waals surface area contributed by atoms with E-state index in [4.69, 9.17) is 15.0 Å². The third-order valence-corrected chi connectivity index (χ3v) is 9.83. The number of hydrogen-bond acceptors (Lipinski definition) is 4. The summed E-state index contributed by atoms with van der Waals surface area (Å²) in [7, 11) is 0. The normalized spacial score (nSPS) is 12.3. The maximum atomic E-state index is 11.0. The molecule has 0 unspecified atom stereocenters. The van der Waals surface area contributed by atoms with Crippen molar-refractivity contribution in [2.24, 2.45) is 0 Å². The second-order valence-corrected chi connectivity index (χ2v) is 11.9. The van der Waals surface area contributed by atoms with Gasteiger partial charge in [0.2, 0.25) is 0 Å². The van der Waals surface area contributed by atoms with Crippen molar-refractivity contribution in [2.45, 2.75) is 0 Å². The minimum atomic E-state index is 0.553. The first kappa shape index (κ1) is 23.8. The van der Waals surface area contributed by atoms with Crippen LogP contribution in [0.4, 0.5) is 0 Å². The van der Waals surface area contributed by atoms with Crippen molar-refractivity contribution in [1.29, 1.82) is 5.26 Å². The number of nitrogens with zero attached hydrogens (tertiary/aromatic N) is 6. The van der Waals surface area contributed by atoms with Crippen molar-refractivity contribution in [3.63, 3.8) is 0 Å². The fraction of sp³-hybridized carbons (Fsp3) is 0. The van der Waals surface area contributed by atoms with Crippen LogP contribution in [0.3, 0.4) is 0 Å². The molecule has 0 saturated carbocycles. The summed E-state index contributed by atoms with van der Waals surface area (Å²) >= 11 is 0. The molecule has 5 aromatic heterocycles. The minimum absolute atomic E-state index is 0.553. The number of nitriles is 1. The minimum Gasteiger partial charge on any atom is -0.308 e. The summed E-state index contributed by atoms with van der Waals surface area (Å²) in [6.07, 6.45) is 5.60. The Morgan fingerprint density at radius 2 is 0.957 bits per heavy atom. The predicted octanol–water partition coefficient (Wildman–Crippen LogP) is 9.43. The average molecular weight is 585 g/mol. The van der Waals surface area contributed by atoms with Gasteiger partial charge in [-0.15, -0.1) is 0 Å². The third kappa shape index (κ3) is 2.71. The monoisotopic (exact) mass is 584 g/mol. The highest BCUT2D eigenvalue weighted by molar-refractivity contribution is 6.34. The Morgan fingerprint density at radius 3 is 1.63 bits per heavy atom. The standard InChI is InChI=1S/C40H20N6/c41-21-29-30(45-32-14-5-11-25-24-9-3-4-10-28(24)38-37(34(25)32)33(45)17-20-42-38)12-6-13-31(29)46-39-35-26(15-18-43-39)22-7-1-2-8-23(22)27-16-19-44-40(46)36(27)35/h1-20H. The first-order chi connectivity index (χ1) is 22.8. The van der Waals surface area contributed by atoms with Crippen molar-refractivity contribution in [3.8, 4) is 17.4 Å². The zero-order chi connectivity index (χ0) is 30.1. The van der Waals surface area contributed by atoms with Crippen molar-refractivity contribution < 1.29 is 0 Å². The summed E-state index contributed by atoms with van der Waals surface area (Å²) < 4.78 is 4.30. The molecule has 0 saturated heterocycles. The molecule has 0 fully saturated rings. The molecule has 0 aliphatic rings. The molecule has 6 aromatic carbocycles. The van der Waals surface area contributed by atoms with Gasteiger partial charge < -0.3 is 4.57 Å². The number of aromatic nitrogens is 5. The van der Waals surface area contributed by atoms with Crippen LogP contribution in [0.15, 0.2) is 122 Å². The Bertz CT molecular complexity index is 2730. The van der Waals surface area contributed by atoms with Gasteiger partial charge in [-0.3, -0.25) is 9.55 Å². The number of fused-ring (bicyclic) bond motifs is 6. The highest BCUT2D eigenvalue weighted by Gasteiger charge is 2.26. The fourth-order valence-electron chi connectivity index (χ4n) is 8.10. The van der Waals surface area contributed by atoms with Gasteiger partial charge in [0.25, 0.3) is 0 Å². The first-order valence-electron chi connectivity index (χ1n) is 15.3. The second-order valence-electron chi connectivity index (χ2n) is 11.9. The van der Waals surface area contributed by atoms with Gasteiger partial charge >= 0.3 is 0 Å². The van der Waals surface area contributed by atoms with E-state index in [0.717, 1.165) is 76.9 Å². The van der Waals surface area contributed by atoms with Gasteiger partial charge in [-0.1, -0.05) is 66.7 Å². The summed E-state index contributed by atoms with van der Waals surface area (Å²) in [6, 6.07) is 38.3. The smallest absolute Gasteiger partial charge is 0.147 e. The van der Waals surface area contributed by atoms with Crippen LogP contribution >= 0.6 is 0 Å². The number of rotatable bonds is 2. The van der Waals surface area contributed by atoms with E-state index >= 15 is 0 Å². The molecular weight excluding hydrogens is 564 g/mol. The van der Waals surface area contributed by atoms with Gasteiger partial charge in [0, 0.05) is 45.5 Å². The number of pyridine rings is 3. The summed E-state index contributed by atoms with van der Waals surface area (Å²) in [5, 5.41) is 23.5. The number of hydrogen-bond donors (Lipinski definition) is 0. The highest BCUT2D eigenvalue weighted by Crippen LogP contribution is 2.45. The van der Waals surface area contributed by atoms with E-state index < -0.39 is 0 Å². The molecule has 46 heavy (non-hydrogen) atoms. The molecule has 0 bridgehead atoms. The molecule has 0 radical (unpaired) electrons. The van der Waals surface area contributed by atoms with Crippen molar-refractivity contribution in [3.05, 3.63) is 127 Å². The maximum absolute atomic E-state index is 11.0. The summed E-state index contributed by atoms with van der Waals surface area (Å²) in [5.74, 6) is 0. The Kier molecular flexibility index (Phi) is 4.31.